The quantitative estimate of drug-likeness (QED) is 0.785. The Labute approximate surface area is 98.4 Å². The number of hydrogen-bond donors (Lipinski definition) is 2. The van der Waals surface area contributed by atoms with Crippen LogP contribution in [-0.4, -0.2) is 23.8 Å². The SMILES string of the molecule is C[C@@H]1COC(O)(c2cc(F)cc(F)c2)[C@H](C)N1. The fraction of sp³-hybridized carbons (Fsp3) is 0.500. The number of morpholine rings is 1. The average molecular weight is 243 g/mol. The maximum absolute atomic E-state index is 13.1. The van der Waals surface area contributed by atoms with Crippen LogP contribution in [0.3, 0.4) is 0 Å². The lowest BCUT2D eigenvalue weighted by Crippen LogP contribution is -2.58. The molecule has 17 heavy (non-hydrogen) atoms. The Kier molecular flexibility index (Phi) is 3.16. The van der Waals surface area contributed by atoms with E-state index in [0.29, 0.717) is 0 Å². The largest absolute Gasteiger partial charge is 0.361 e. The lowest BCUT2D eigenvalue weighted by molar-refractivity contribution is -0.253. The van der Waals surface area contributed by atoms with Gasteiger partial charge in [0.25, 0.3) is 0 Å². The zero-order valence-electron chi connectivity index (χ0n) is 9.71. The highest BCUT2D eigenvalue weighted by Crippen LogP contribution is 2.30. The van der Waals surface area contributed by atoms with Crippen molar-refractivity contribution in [2.45, 2.75) is 31.7 Å². The number of aliphatic hydroxyl groups is 1. The van der Waals surface area contributed by atoms with Gasteiger partial charge < -0.3 is 15.2 Å². The fourth-order valence-electron chi connectivity index (χ4n) is 2.06. The predicted molar refractivity (Wildman–Crippen MR) is 58.3 cm³/mol. The van der Waals surface area contributed by atoms with Gasteiger partial charge in [0.2, 0.25) is 5.79 Å². The zero-order valence-corrected chi connectivity index (χ0v) is 9.71. The van der Waals surface area contributed by atoms with Gasteiger partial charge in [-0.1, -0.05) is 0 Å². The van der Waals surface area contributed by atoms with Crippen molar-refractivity contribution in [3.63, 3.8) is 0 Å². The number of halogens is 2. The van der Waals surface area contributed by atoms with Crippen LogP contribution in [0.25, 0.3) is 0 Å². The lowest BCUT2D eigenvalue weighted by atomic mass is 9.96. The molecule has 2 N–H and O–H groups in total. The summed E-state index contributed by atoms with van der Waals surface area (Å²) in [5.41, 5.74) is 0.0851. The first-order valence-corrected chi connectivity index (χ1v) is 5.51. The van der Waals surface area contributed by atoms with Gasteiger partial charge in [-0.3, -0.25) is 0 Å². The molecule has 3 atom stereocenters. The summed E-state index contributed by atoms with van der Waals surface area (Å²) >= 11 is 0. The minimum absolute atomic E-state index is 0.0851. The Hall–Kier alpha value is -1.04. The van der Waals surface area contributed by atoms with E-state index in [4.69, 9.17) is 4.74 Å². The summed E-state index contributed by atoms with van der Waals surface area (Å²) in [6.07, 6.45) is 0. The molecule has 0 saturated carbocycles. The second-order valence-electron chi connectivity index (χ2n) is 4.45. The molecule has 1 saturated heterocycles. The van der Waals surface area contributed by atoms with E-state index in [1.807, 2.05) is 6.92 Å². The van der Waals surface area contributed by atoms with E-state index in [1.54, 1.807) is 6.92 Å². The summed E-state index contributed by atoms with van der Waals surface area (Å²) in [4.78, 5) is 0. The molecule has 2 rings (SSSR count). The monoisotopic (exact) mass is 243 g/mol. The van der Waals surface area contributed by atoms with Crippen molar-refractivity contribution in [1.29, 1.82) is 0 Å². The molecule has 0 amide bonds. The van der Waals surface area contributed by atoms with Crippen LogP contribution in [0.15, 0.2) is 18.2 Å². The highest BCUT2D eigenvalue weighted by atomic mass is 19.1. The molecule has 94 valence electrons. The van der Waals surface area contributed by atoms with Crippen LogP contribution in [0, 0.1) is 11.6 Å². The topological polar surface area (TPSA) is 41.5 Å². The summed E-state index contributed by atoms with van der Waals surface area (Å²) < 4.78 is 31.6. The molecule has 0 aromatic heterocycles. The zero-order chi connectivity index (χ0) is 12.6. The van der Waals surface area contributed by atoms with E-state index >= 15 is 0 Å². The number of benzene rings is 1. The first-order chi connectivity index (χ1) is 7.91. The van der Waals surface area contributed by atoms with Crippen LogP contribution in [-0.2, 0) is 10.5 Å². The minimum atomic E-state index is -1.70. The molecule has 1 aliphatic heterocycles. The molecule has 0 spiro atoms. The smallest absolute Gasteiger partial charge is 0.208 e. The third-order valence-electron chi connectivity index (χ3n) is 2.95. The van der Waals surface area contributed by atoms with Crippen LogP contribution in [0.1, 0.15) is 19.4 Å². The van der Waals surface area contributed by atoms with Crippen LogP contribution < -0.4 is 5.32 Å². The van der Waals surface area contributed by atoms with Gasteiger partial charge in [-0.05, 0) is 26.0 Å². The van der Waals surface area contributed by atoms with Gasteiger partial charge >= 0.3 is 0 Å². The Balaban J connectivity index is 2.37. The van der Waals surface area contributed by atoms with Crippen molar-refractivity contribution in [3.8, 4) is 0 Å². The first-order valence-electron chi connectivity index (χ1n) is 5.51. The van der Waals surface area contributed by atoms with Crippen LogP contribution >= 0.6 is 0 Å². The highest BCUT2D eigenvalue weighted by molar-refractivity contribution is 5.24. The Morgan fingerprint density at radius 3 is 2.41 bits per heavy atom. The van der Waals surface area contributed by atoms with Crippen LogP contribution in [0.4, 0.5) is 8.78 Å². The molecule has 3 nitrogen and oxygen atoms in total. The Bertz CT molecular complexity index is 407. The van der Waals surface area contributed by atoms with E-state index in [1.165, 1.54) is 0 Å². The highest BCUT2D eigenvalue weighted by Gasteiger charge is 2.41. The van der Waals surface area contributed by atoms with E-state index in [-0.39, 0.29) is 18.2 Å². The normalized spacial score (nSPS) is 33.7. The molecule has 1 aromatic carbocycles. The average Bonchev–Trinajstić information content (AvgIpc) is 2.22. The molecule has 1 aromatic rings. The molecule has 5 heteroatoms. The molecule has 1 fully saturated rings. The maximum atomic E-state index is 13.1. The molecular weight excluding hydrogens is 228 g/mol. The van der Waals surface area contributed by atoms with Gasteiger partial charge in [-0.25, -0.2) is 8.78 Å². The van der Waals surface area contributed by atoms with Gasteiger partial charge in [-0.15, -0.1) is 0 Å². The van der Waals surface area contributed by atoms with E-state index in [0.717, 1.165) is 18.2 Å². The fourth-order valence-corrected chi connectivity index (χ4v) is 2.06. The van der Waals surface area contributed by atoms with Crippen molar-refractivity contribution < 1.29 is 18.6 Å². The number of nitrogens with one attached hydrogen (secondary N) is 1. The minimum Gasteiger partial charge on any atom is -0.361 e. The van der Waals surface area contributed by atoms with E-state index in [2.05, 4.69) is 5.32 Å². The second-order valence-corrected chi connectivity index (χ2v) is 4.45. The molecular formula is C12H15F2NO2. The second kappa shape index (κ2) is 4.33. The molecule has 0 aliphatic carbocycles. The number of ether oxygens (including phenoxy) is 1. The van der Waals surface area contributed by atoms with Gasteiger partial charge in [0.05, 0.1) is 12.6 Å². The Morgan fingerprint density at radius 1 is 1.29 bits per heavy atom. The third-order valence-corrected chi connectivity index (χ3v) is 2.95. The predicted octanol–water partition coefficient (Wildman–Crippen LogP) is 1.51. The van der Waals surface area contributed by atoms with E-state index in [9.17, 15) is 13.9 Å². The standard InChI is InChI=1S/C12H15F2NO2/c1-7-6-17-12(16,8(2)15-7)9-3-10(13)5-11(14)4-9/h3-5,7-8,15-16H,6H2,1-2H3/t7-,8+,12?/m1/s1. The lowest BCUT2D eigenvalue weighted by Gasteiger charge is -2.41. The summed E-state index contributed by atoms with van der Waals surface area (Å²) in [5.74, 6) is -3.17. The summed E-state index contributed by atoms with van der Waals surface area (Å²) in [7, 11) is 0. The van der Waals surface area contributed by atoms with Crippen molar-refractivity contribution in [3.05, 3.63) is 35.4 Å². The van der Waals surface area contributed by atoms with Crippen LogP contribution in [0.2, 0.25) is 0 Å². The van der Waals surface area contributed by atoms with Gasteiger partial charge in [0.1, 0.15) is 11.6 Å². The number of hydrogen-bond acceptors (Lipinski definition) is 3. The van der Waals surface area contributed by atoms with Crippen molar-refractivity contribution in [2.24, 2.45) is 0 Å². The molecule has 1 aliphatic rings. The van der Waals surface area contributed by atoms with E-state index < -0.39 is 23.5 Å². The van der Waals surface area contributed by atoms with Gasteiger partial charge in [-0.2, -0.15) is 0 Å². The molecule has 1 unspecified atom stereocenters. The molecule has 0 bridgehead atoms. The molecule has 1 heterocycles. The number of rotatable bonds is 1. The summed E-state index contributed by atoms with van der Waals surface area (Å²) in [5, 5.41) is 13.4. The van der Waals surface area contributed by atoms with Crippen molar-refractivity contribution in [2.75, 3.05) is 6.61 Å². The summed E-state index contributed by atoms with van der Waals surface area (Å²) in [6, 6.07) is 2.56. The maximum Gasteiger partial charge on any atom is 0.208 e. The molecule has 0 radical (unpaired) electrons. The van der Waals surface area contributed by atoms with Crippen molar-refractivity contribution >= 4 is 0 Å². The van der Waals surface area contributed by atoms with Crippen molar-refractivity contribution in [1.82, 2.24) is 5.32 Å². The first kappa shape index (κ1) is 12.4. The summed E-state index contributed by atoms with van der Waals surface area (Å²) in [6.45, 7) is 3.89. The third kappa shape index (κ3) is 2.31. The van der Waals surface area contributed by atoms with Crippen LogP contribution in [0.5, 0.6) is 0 Å². The Morgan fingerprint density at radius 2 is 1.88 bits per heavy atom. The van der Waals surface area contributed by atoms with Gasteiger partial charge in [0, 0.05) is 17.7 Å². The van der Waals surface area contributed by atoms with Gasteiger partial charge in [0.15, 0.2) is 0 Å².